The van der Waals surface area contributed by atoms with Crippen LogP contribution in [0.5, 0.6) is 0 Å². The Morgan fingerprint density at radius 3 is 2.53 bits per heavy atom. The molecule has 1 aromatic heterocycles. The van der Waals surface area contributed by atoms with Crippen molar-refractivity contribution in [2.24, 2.45) is 5.73 Å². The second-order valence-electron chi connectivity index (χ2n) is 4.15. The van der Waals surface area contributed by atoms with E-state index in [-0.39, 0.29) is 6.61 Å². The topological polar surface area (TPSA) is 78.1 Å². The lowest BCUT2D eigenvalue weighted by molar-refractivity contribution is -0.146. The van der Waals surface area contributed by atoms with Crippen molar-refractivity contribution in [3.63, 3.8) is 0 Å². The molecule has 2 rings (SSSR count). The molecule has 2 aromatic rings. The lowest BCUT2D eigenvalue weighted by atomic mass is 10.1. The molecule has 1 aromatic carbocycles. The van der Waals surface area contributed by atoms with Gasteiger partial charge in [0.05, 0.1) is 0 Å². The van der Waals surface area contributed by atoms with E-state index < -0.39 is 12.0 Å². The second kappa shape index (κ2) is 6.61. The zero-order valence-corrected chi connectivity index (χ0v) is 10.4. The van der Waals surface area contributed by atoms with Crippen LogP contribution >= 0.6 is 0 Å². The van der Waals surface area contributed by atoms with Gasteiger partial charge in [0.2, 0.25) is 0 Å². The summed E-state index contributed by atoms with van der Waals surface area (Å²) in [4.78, 5) is 19.5. The molecular weight excluding hydrogens is 242 g/mol. The van der Waals surface area contributed by atoms with E-state index in [2.05, 4.69) is 9.97 Å². The number of ether oxygens (including phenoxy) is 1. The van der Waals surface area contributed by atoms with Crippen LogP contribution in [0.2, 0.25) is 0 Å². The minimum absolute atomic E-state index is 0.235. The van der Waals surface area contributed by atoms with Crippen LogP contribution in [0.15, 0.2) is 49.1 Å². The molecule has 1 atom stereocenters. The van der Waals surface area contributed by atoms with E-state index in [4.69, 9.17) is 10.5 Å². The molecule has 0 amide bonds. The summed E-state index contributed by atoms with van der Waals surface area (Å²) >= 11 is 0. The fourth-order valence-electron chi connectivity index (χ4n) is 1.61. The predicted octanol–water partition coefficient (Wildman–Crippen LogP) is 1.09. The highest BCUT2D eigenvalue weighted by atomic mass is 16.5. The van der Waals surface area contributed by atoms with Crippen molar-refractivity contribution >= 4 is 5.97 Å². The number of hydrogen-bond acceptors (Lipinski definition) is 5. The summed E-state index contributed by atoms with van der Waals surface area (Å²) in [6.45, 7) is 0.235. The van der Waals surface area contributed by atoms with Gasteiger partial charge in [0.15, 0.2) is 0 Å². The van der Waals surface area contributed by atoms with E-state index in [0.29, 0.717) is 6.42 Å². The average molecular weight is 257 g/mol. The average Bonchev–Trinajstić information content (AvgIpc) is 2.47. The standard InChI is InChI=1S/C14H15N3O2/c15-13(6-12-7-16-10-17-8-12)14(18)19-9-11-4-2-1-3-5-11/h1-5,7-8,10,13H,6,9,15H2/t13-/m0/s1. The molecule has 0 fully saturated rings. The first-order valence-corrected chi connectivity index (χ1v) is 5.96. The molecule has 0 saturated heterocycles. The Labute approximate surface area is 111 Å². The van der Waals surface area contributed by atoms with E-state index in [1.807, 2.05) is 30.3 Å². The molecule has 5 nitrogen and oxygen atoms in total. The Morgan fingerprint density at radius 1 is 1.16 bits per heavy atom. The molecule has 0 bridgehead atoms. The number of hydrogen-bond donors (Lipinski definition) is 1. The van der Waals surface area contributed by atoms with Crippen LogP contribution in [-0.2, 0) is 22.6 Å². The van der Waals surface area contributed by atoms with Gasteiger partial charge in [-0.1, -0.05) is 30.3 Å². The third-order valence-electron chi connectivity index (χ3n) is 2.60. The van der Waals surface area contributed by atoms with Crippen LogP contribution in [0.4, 0.5) is 0 Å². The largest absolute Gasteiger partial charge is 0.460 e. The van der Waals surface area contributed by atoms with E-state index in [1.165, 1.54) is 6.33 Å². The molecule has 1 heterocycles. The maximum Gasteiger partial charge on any atom is 0.323 e. The van der Waals surface area contributed by atoms with Crippen molar-refractivity contribution in [3.8, 4) is 0 Å². The van der Waals surface area contributed by atoms with Gasteiger partial charge in [-0.05, 0) is 11.1 Å². The maximum atomic E-state index is 11.7. The highest BCUT2D eigenvalue weighted by Crippen LogP contribution is 2.04. The Bertz CT molecular complexity index is 517. The molecule has 0 aliphatic carbocycles. The van der Waals surface area contributed by atoms with Gasteiger partial charge in [0.1, 0.15) is 19.0 Å². The van der Waals surface area contributed by atoms with Crippen molar-refractivity contribution < 1.29 is 9.53 Å². The number of nitrogens with two attached hydrogens (primary N) is 1. The molecule has 0 aliphatic heterocycles. The first-order chi connectivity index (χ1) is 9.25. The van der Waals surface area contributed by atoms with E-state index in [9.17, 15) is 4.79 Å². The van der Waals surface area contributed by atoms with Crippen LogP contribution in [0, 0.1) is 0 Å². The first kappa shape index (κ1) is 13.2. The highest BCUT2D eigenvalue weighted by molar-refractivity contribution is 5.75. The smallest absolute Gasteiger partial charge is 0.323 e. The Hall–Kier alpha value is -2.27. The molecule has 19 heavy (non-hydrogen) atoms. The molecule has 0 saturated carbocycles. The molecule has 0 unspecified atom stereocenters. The fourth-order valence-corrected chi connectivity index (χ4v) is 1.61. The van der Waals surface area contributed by atoms with Gasteiger partial charge in [-0.3, -0.25) is 4.79 Å². The Kier molecular flexibility index (Phi) is 4.58. The third kappa shape index (κ3) is 4.15. The van der Waals surface area contributed by atoms with Crippen molar-refractivity contribution in [1.29, 1.82) is 0 Å². The lowest BCUT2D eigenvalue weighted by Crippen LogP contribution is -2.34. The Morgan fingerprint density at radius 2 is 1.84 bits per heavy atom. The quantitative estimate of drug-likeness (QED) is 0.811. The number of benzene rings is 1. The lowest BCUT2D eigenvalue weighted by Gasteiger charge is -2.11. The molecule has 0 aliphatic rings. The Balaban J connectivity index is 1.83. The monoisotopic (exact) mass is 257 g/mol. The zero-order chi connectivity index (χ0) is 13.5. The third-order valence-corrected chi connectivity index (χ3v) is 2.60. The van der Waals surface area contributed by atoms with Crippen molar-refractivity contribution in [3.05, 3.63) is 60.2 Å². The summed E-state index contributed by atoms with van der Waals surface area (Å²) in [6.07, 6.45) is 5.08. The van der Waals surface area contributed by atoms with E-state index in [0.717, 1.165) is 11.1 Å². The van der Waals surface area contributed by atoms with Crippen LogP contribution < -0.4 is 5.73 Å². The molecule has 0 radical (unpaired) electrons. The molecule has 5 heteroatoms. The zero-order valence-electron chi connectivity index (χ0n) is 10.4. The van der Waals surface area contributed by atoms with Crippen LogP contribution in [0.25, 0.3) is 0 Å². The predicted molar refractivity (Wildman–Crippen MR) is 69.9 cm³/mol. The van der Waals surface area contributed by atoms with Crippen molar-refractivity contribution in [2.75, 3.05) is 0 Å². The number of rotatable bonds is 5. The normalized spacial score (nSPS) is 11.8. The van der Waals surface area contributed by atoms with Crippen molar-refractivity contribution in [2.45, 2.75) is 19.1 Å². The van der Waals surface area contributed by atoms with Gasteiger partial charge >= 0.3 is 5.97 Å². The van der Waals surface area contributed by atoms with E-state index in [1.54, 1.807) is 12.4 Å². The summed E-state index contributed by atoms with van der Waals surface area (Å²) in [6, 6.07) is 8.78. The van der Waals surface area contributed by atoms with Gasteiger partial charge in [0.25, 0.3) is 0 Å². The second-order valence-corrected chi connectivity index (χ2v) is 4.15. The highest BCUT2D eigenvalue weighted by Gasteiger charge is 2.15. The summed E-state index contributed by atoms with van der Waals surface area (Å²) < 4.78 is 5.16. The summed E-state index contributed by atoms with van der Waals surface area (Å²) in [5.41, 5.74) is 7.53. The van der Waals surface area contributed by atoms with Gasteiger partial charge in [0, 0.05) is 18.8 Å². The number of aromatic nitrogens is 2. The molecular formula is C14H15N3O2. The van der Waals surface area contributed by atoms with Crippen LogP contribution in [0.1, 0.15) is 11.1 Å². The maximum absolute atomic E-state index is 11.7. The van der Waals surface area contributed by atoms with Gasteiger partial charge in [-0.25, -0.2) is 9.97 Å². The van der Waals surface area contributed by atoms with Gasteiger partial charge in [-0.15, -0.1) is 0 Å². The first-order valence-electron chi connectivity index (χ1n) is 5.96. The molecule has 2 N–H and O–H groups in total. The summed E-state index contributed by atoms with van der Waals surface area (Å²) in [7, 11) is 0. The summed E-state index contributed by atoms with van der Waals surface area (Å²) in [5.74, 6) is -0.423. The van der Waals surface area contributed by atoms with Gasteiger partial charge < -0.3 is 10.5 Å². The number of esters is 1. The minimum atomic E-state index is -0.699. The number of nitrogens with zero attached hydrogens (tertiary/aromatic N) is 2. The van der Waals surface area contributed by atoms with Gasteiger partial charge in [-0.2, -0.15) is 0 Å². The fraction of sp³-hybridized carbons (Fsp3) is 0.214. The number of carbonyl (C=O) groups is 1. The molecule has 0 spiro atoms. The van der Waals surface area contributed by atoms with E-state index >= 15 is 0 Å². The van der Waals surface area contributed by atoms with Crippen LogP contribution in [0.3, 0.4) is 0 Å². The minimum Gasteiger partial charge on any atom is -0.460 e. The summed E-state index contributed by atoms with van der Waals surface area (Å²) in [5, 5.41) is 0. The van der Waals surface area contributed by atoms with Crippen LogP contribution in [-0.4, -0.2) is 22.0 Å². The number of carbonyl (C=O) groups excluding carboxylic acids is 1. The van der Waals surface area contributed by atoms with Crippen molar-refractivity contribution in [1.82, 2.24) is 9.97 Å². The molecule has 98 valence electrons. The SMILES string of the molecule is N[C@@H](Cc1cncnc1)C(=O)OCc1ccccc1.